The van der Waals surface area contributed by atoms with Crippen LogP contribution in [-0.4, -0.2) is 11.7 Å². The minimum absolute atomic E-state index is 0.181. The zero-order valence-corrected chi connectivity index (χ0v) is 11.1. The minimum Gasteiger partial charge on any atom is -0.497 e. The lowest BCUT2D eigenvalue weighted by Crippen LogP contribution is -2.02. The van der Waals surface area contributed by atoms with Crippen molar-refractivity contribution >= 4 is 16.6 Å². The maximum absolute atomic E-state index is 14.0. The van der Waals surface area contributed by atoms with Crippen molar-refractivity contribution in [1.82, 2.24) is 4.57 Å². The lowest BCUT2D eigenvalue weighted by molar-refractivity contribution is 0.415. The summed E-state index contributed by atoms with van der Waals surface area (Å²) in [4.78, 5) is 0. The molecule has 0 radical (unpaired) electrons. The molecular formula is C16H15FN2O. The molecule has 3 rings (SSSR count). The van der Waals surface area contributed by atoms with Gasteiger partial charge < -0.3 is 15.0 Å². The summed E-state index contributed by atoms with van der Waals surface area (Å²) < 4.78 is 21.1. The Kier molecular flexibility index (Phi) is 3.06. The third kappa shape index (κ3) is 2.09. The molecular weight excluding hydrogens is 255 g/mol. The van der Waals surface area contributed by atoms with E-state index < -0.39 is 0 Å². The van der Waals surface area contributed by atoms with Crippen LogP contribution in [0.5, 0.6) is 5.75 Å². The number of halogens is 1. The summed E-state index contributed by atoms with van der Waals surface area (Å²) in [5, 5.41) is 1.06. The SMILES string of the molecule is COc1ccc2c(ccn2Cc2cccc(N)c2F)c1. The predicted molar refractivity (Wildman–Crippen MR) is 78.4 cm³/mol. The van der Waals surface area contributed by atoms with Crippen LogP contribution < -0.4 is 10.5 Å². The number of ether oxygens (including phenoxy) is 1. The van der Waals surface area contributed by atoms with Crippen LogP contribution in [0.25, 0.3) is 10.9 Å². The van der Waals surface area contributed by atoms with Crippen LogP contribution in [0.1, 0.15) is 5.56 Å². The van der Waals surface area contributed by atoms with Gasteiger partial charge >= 0.3 is 0 Å². The number of hydrogen-bond donors (Lipinski definition) is 1. The van der Waals surface area contributed by atoms with E-state index in [9.17, 15) is 4.39 Å². The molecule has 1 aromatic heterocycles. The minimum atomic E-state index is -0.345. The Morgan fingerprint density at radius 2 is 2.05 bits per heavy atom. The molecule has 0 saturated carbocycles. The van der Waals surface area contributed by atoms with Crippen molar-refractivity contribution in [2.75, 3.05) is 12.8 Å². The van der Waals surface area contributed by atoms with Crippen LogP contribution in [0.15, 0.2) is 48.7 Å². The van der Waals surface area contributed by atoms with Crippen molar-refractivity contribution in [2.45, 2.75) is 6.54 Å². The van der Waals surface area contributed by atoms with E-state index in [0.29, 0.717) is 12.1 Å². The molecule has 102 valence electrons. The highest BCUT2D eigenvalue weighted by Gasteiger charge is 2.08. The smallest absolute Gasteiger partial charge is 0.151 e. The number of anilines is 1. The van der Waals surface area contributed by atoms with Crippen molar-refractivity contribution in [1.29, 1.82) is 0 Å². The highest BCUT2D eigenvalue weighted by atomic mass is 19.1. The maximum Gasteiger partial charge on any atom is 0.151 e. The lowest BCUT2D eigenvalue weighted by atomic mass is 10.2. The summed E-state index contributed by atoms with van der Waals surface area (Å²) >= 11 is 0. The molecule has 2 aromatic carbocycles. The fourth-order valence-electron chi connectivity index (χ4n) is 2.35. The van der Waals surface area contributed by atoms with Crippen molar-refractivity contribution in [3.63, 3.8) is 0 Å². The van der Waals surface area contributed by atoms with E-state index in [1.165, 1.54) is 0 Å². The van der Waals surface area contributed by atoms with Crippen molar-refractivity contribution in [3.05, 3.63) is 60.0 Å². The number of nitrogen functional groups attached to an aromatic ring is 1. The molecule has 4 heteroatoms. The second-order valence-electron chi connectivity index (χ2n) is 4.69. The van der Waals surface area contributed by atoms with Gasteiger partial charge in [0.1, 0.15) is 5.75 Å². The summed E-state index contributed by atoms with van der Waals surface area (Å²) in [7, 11) is 1.64. The molecule has 3 nitrogen and oxygen atoms in total. The number of methoxy groups -OCH3 is 1. The first kappa shape index (κ1) is 12.5. The Labute approximate surface area is 116 Å². The average molecular weight is 270 g/mol. The molecule has 0 atom stereocenters. The summed E-state index contributed by atoms with van der Waals surface area (Å²) in [6.07, 6.45) is 1.94. The van der Waals surface area contributed by atoms with Crippen LogP contribution in [-0.2, 0) is 6.54 Å². The van der Waals surface area contributed by atoms with Crippen LogP contribution in [0.2, 0.25) is 0 Å². The van der Waals surface area contributed by atoms with Crippen LogP contribution in [0.3, 0.4) is 0 Å². The van der Waals surface area contributed by atoms with Crippen molar-refractivity contribution in [3.8, 4) is 5.75 Å². The Balaban J connectivity index is 2.01. The first-order chi connectivity index (χ1) is 9.69. The Morgan fingerprint density at radius 1 is 1.20 bits per heavy atom. The predicted octanol–water partition coefficient (Wildman–Crippen LogP) is 3.42. The molecule has 0 bridgehead atoms. The van der Waals surface area contributed by atoms with E-state index in [0.717, 1.165) is 16.7 Å². The normalized spacial score (nSPS) is 10.9. The average Bonchev–Trinajstić information content (AvgIpc) is 2.86. The Morgan fingerprint density at radius 3 is 2.85 bits per heavy atom. The molecule has 20 heavy (non-hydrogen) atoms. The highest BCUT2D eigenvalue weighted by molar-refractivity contribution is 5.81. The highest BCUT2D eigenvalue weighted by Crippen LogP contribution is 2.23. The van der Waals surface area contributed by atoms with Crippen LogP contribution in [0.4, 0.5) is 10.1 Å². The first-order valence-corrected chi connectivity index (χ1v) is 6.35. The Hall–Kier alpha value is -2.49. The first-order valence-electron chi connectivity index (χ1n) is 6.35. The summed E-state index contributed by atoms with van der Waals surface area (Å²) in [5.74, 6) is 0.466. The number of rotatable bonds is 3. The molecule has 1 heterocycles. The third-order valence-corrected chi connectivity index (χ3v) is 3.43. The van der Waals surface area contributed by atoms with Gasteiger partial charge in [0, 0.05) is 22.7 Å². The quantitative estimate of drug-likeness (QED) is 0.741. The number of hydrogen-bond acceptors (Lipinski definition) is 2. The molecule has 0 saturated heterocycles. The van der Waals surface area contributed by atoms with E-state index in [1.807, 2.05) is 35.0 Å². The number of benzene rings is 2. The van der Waals surface area contributed by atoms with Gasteiger partial charge in [-0.05, 0) is 30.3 Å². The lowest BCUT2D eigenvalue weighted by Gasteiger charge is -2.08. The van der Waals surface area contributed by atoms with Gasteiger partial charge in [0.25, 0.3) is 0 Å². The molecule has 0 spiro atoms. The van der Waals surface area contributed by atoms with Crippen molar-refractivity contribution < 1.29 is 9.13 Å². The summed E-state index contributed by atoms with van der Waals surface area (Å²) in [5.41, 5.74) is 7.40. The van der Waals surface area contributed by atoms with E-state index in [2.05, 4.69) is 0 Å². The zero-order chi connectivity index (χ0) is 14.1. The topological polar surface area (TPSA) is 40.2 Å². The van der Waals surface area contributed by atoms with E-state index >= 15 is 0 Å². The number of nitrogens with zero attached hydrogens (tertiary/aromatic N) is 1. The van der Waals surface area contributed by atoms with Gasteiger partial charge in [-0.15, -0.1) is 0 Å². The molecule has 2 N–H and O–H groups in total. The monoisotopic (exact) mass is 270 g/mol. The second-order valence-corrected chi connectivity index (χ2v) is 4.69. The molecule has 0 aliphatic carbocycles. The summed E-state index contributed by atoms with van der Waals surface area (Å²) in [6, 6.07) is 12.9. The maximum atomic E-state index is 14.0. The standard InChI is InChI=1S/C16H15FN2O/c1-20-13-5-6-15-11(9-13)7-8-19(15)10-12-3-2-4-14(18)16(12)17/h2-9H,10,18H2,1H3. The van der Waals surface area contributed by atoms with Gasteiger partial charge in [0.2, 0.25) is 0 Å². The van der Waals surface area contributed by atoms with E-state index in [4.69, 9.17) is 10.5 Å². The van der Waals surface area contributed by atoms with Crippen LogP contribution in [0, 0.1) is 5.82 Å². The van der Waals surface area contributed by atoms with E-state index in [-0.39, 0.29) is 11.5 Å². The number of fused-ring (bicyclic) bond motifs is 1. The Bertz CT molecular complexity index is 764. The van der Waals surface area contributed by atoms with Gasteiger partial charge in [-0.3, -0.25) is 0 Å². The molecule has 0 aliphatic heterocycles. The molecule has 0 unspecified atom stereocenters. The van der Waals surface area contributed by atoms with Gasteiger partial charge in [-0.2, -0.15) is 0 Å². The second kappa shape index (κ2) is 4.89. The number of nitrogens with two attached hydrogens (primary N) is 1. The van der Waals surface area contributed by atoms with Gasteiger partial charge in [-0.25, -0.2) is 4.39 Å². The molecule has 0 amide bonds. The number of aromatic nitrogens is 1. The van der Waals surface area contributed by atoms with Crippen LogP contribution >= 0.6 is 0 Å². The molecule has 0 fully saturated rings. The van der Waals surface area contributed by atoms with Gasteiger partial charge in [0.15, 0.2) is 5.82 Å². The zero-order valence-electron chi connectivity index (χ0n) is 11.1. The molecule has 3 aromatic rings. The van der Waals surface area contributed by atoms with E-state index in [1.54, 1.807) is 25.3 Å². The fourth-order valence-corrected chi connectivity index (χ4v) is 2.35. The molecule has 0 aliphatic rings. The summed E-state index contributed by atoms with van der Waals surface area (Å²) in [6.45, 7) is 0.451. The van der Waals surface area contributed by atoms with Crippen molar-refractivity contribution in [2.24, 2.45) is 0 Å². The third-order valence-electron chi connectivity index (χ3n) is 3.43. The largest absolute Gasteiger partial charge is 0.497 e. The van der Waals surface area contributed by atoms with Gasteiger partial charge in [-0.1, -0.05) is 12.1 Å². The van der Waals surface area contributed by atoms with Gasteiger partial charge in [0.05, 0.1) is 19.3 Å². The fraction of sp³-hybridized carbons (Fsp3) is 0.125.